The van der Waals surface area contributed by atoms with Gasteiger partial charge in [-0.15, -0.1) is 0 Å². The Bertz CT molecular complexity index is 637. The second kappa shape index (κ2) is 6.42. The summed E-state index contributed by atoms with van der Waals surface area (Å²) in [5.74, 6) is 0.538. The van der Waals surface area contributed by atoms with Gasteiger partial charge in [-0.05, 0) is 28.7 Å². The summed E-state index contributed by atoms with van der Waals surface area (Å²) < 4.78 is 0. The summed E-state index contributed by atoms with van der Waals surface area (Å²) in [7, 11) is 0. The highest BCUT2D eigenvalue weighted by Crippen LogP contribution is 2.25. The molecule has 1 atom stereocenters. The number of pyridine rings is 1. The van der Waals surface area contributed by atoms with Crippen molar-refractivity contribution in [2.24, 2.45) is 5.92 Å². The molecule has 1 aromatic carbocycles. The van der Waals surface area contributed by atoms with Crippen LogP contribution in [0.4, 0.5) is 0 Å². The fraction of sp³-hybridized carbons (Fsp3) is 0.278. The lowest BCUT2D eigenvalue weighted by Crippen LogP contribution is -2.33. The number of hydrogen-bond donors (Lipinski definition) is 0. The van der Waals surface area contributed by atoms with Gasteiger partial charge in [-0.1, -0.05) is 54.9 Å². The maximum Gasteiger partial charge on any atom is 0.0595 e. The highest BCUT2D eigenvalue weighted by Gasteiger charge is 2.18. The van der Waals surface area contributed by atoms with Gasteiger partial charge in [0.2, 0.25) is 0 Å². The Morgan fingerprint density at radius 3 is 2.81 bits per heavy atom. The van der Waals surface area contributed by atoms with E-state index >= 15 is 0 Å². The lowest BCUT2D eigenvalue weighted by molar-refractivity contribution is 0.264. The third-order valence-electron chi connectivity index (χ3n) is 3.75. The molecule has 0 aliphatic carbocycles. The monoisotopic (exact) mass is 298 g/mol. The van der Waals surface area contributed by atoms with Crippen LogP contribution in [0, 0.1) is 5.92 Å². The molecule has 0 radical (unpaired) electrons. The second-order valence-corrected chi connectivity index (χ2v) is 6.15. The van der Waals surface area contributed by atoms with E-state index in [0.29, 0.717) is 10.9 Å². The minimum atomic E-state index is 0.538. The van der Waals surface area contributed by atoms with E-state index in [9.17, 15) is 0 Å². The Morgan fingerprint density at radius 2 is 2.05 bits per heavy atom. The molecule has 3 heteroatoms. The van der Waals surface area contributed by atoms with E-state index in [0.717, 1.165) is 25.2 Å². The zero-order valence-electron chi connectivity index (χ0n) is 12.2. The van der Waals surface area contributed by atoms with Crippen LogP contribution in [-0.2, 0) is 6.54 Å². The molecule has 0 saturated carbocycles. The third-order valence-corrected chi connectivity index (χ3v) is 3.96. The first-order chi connectivity index (χ1) is 10.2. The Balaban J connectivity index is 1.77. The van der Waals surface area contributed by atoms with Crippen molar-refractivity contribution in [2.45, 2.75) is 13.5 Å². The highest BCUT2D eigenvalue weighted by atomic mass is 35.5. The summed E-state index contributed by atoms with van der Waals surface area (Å²) in [6.07, 6.45) is 5.92. The van der Waals surface area contributed by atoms with Crippen LogP contribution in [0.2, 0.25) is 5.02 Å². The molecule has 2 heterocycles. The van der Waals surface area contributed by atoms with Crippen LogP contribution in [0.3, 0.4) is 0 Å². The van der Waals surface area contributed by atoms with E-state index in [1.54, 1.807) is 6.20 Å². The van der Waals surface area contributed by atoms with Crippen molar-refractivity contribution in [1.29, 1.82) is 0 Å². The number of benzene rings is 1. The molecule has 1 aromatic heterocycles. The van der Waals surface area contributed by atoms with Crippen LogP contribution in [0.25, 0.3) is 5.57 Å². The molecule has 0 bridgehead atoms. The molecule has 108 valence electrons. The van der Waals surface area contributed by atoms with Gasteiger partial charge in [-0.3, -0.25) is 9.88 Å². The van der Waals surface area contributed by atoms with Crippen molar-refractivity contribution < 1.29 is 0 Å². The normalized spacial score (nSPS) is 19.3. The van der Waals surface area contributed by atoms with Crippen LogP contribution in [-0.4, -0.2) is 23.0 Å². The van der Waals surface area contributed by atoms with Gasteiger partial charge < -0.3 is 0 Å². The Labute approximate surface area is 131 Å². The topological polar surface area (TPSA) is 16.1 Å². The van der Waals surface area contributed by atoms with E-state index in [-0.39, 0.29) is 0 Å². The van der Waals surface area contributed by atoms with E-state index in [1.165, 1.54) is 11.1 Å². The number of rotatable bonds is 3. The molecule has 2 aromatic rings. The molecule has 0 spiro atoms. The maximum absolute atomic E-state index is 6.06. The van der Waals surface area contributed by atoms with Crippen molar-refractivity contribution in [3.8, 4) is 0 Å². The fourth-order valence-electron chi connectivity index (χ4n) is 2.90. The predicted molar refractivity (Wildman–Crippen MR) is 88.1 cm³/mol. The first-order valence-corrected chi connectivity index (χ1v) is 7.66. The molecule has 1 unspecified atom stereocenters. The zero-order chi connectivity index (χ0) is 14.7. The van der Waals surface area contributed by atoms with Gasteiger partial charge in [-0.2, -0.15) is 0 Å². The molecule has 2 nitrogen and oxygen atoms in total. The van der Waals surface area contributed by atoms with Crippen LogP contribution >= 0.6 is 11.6 Å². The van der Waals surface area contributed by atoms with Crippen molar-refractivity contribution in [1.82, 2.24) is 9.88 Å². The fourth-order valence-corrected chi connectivity index (χ4v) is 3.07. The smallest absolute Gasteiger partial charge is 0.0595 e. The Kier molecular flexibility index (Phi) is 4.37. The molecule has 0 N–H and O–H groups in total. The number of halogens is 1. The minimum Gasteiger partial charge on any atom is -0.294 e. The third kappa shape index (κ3) is 3.72. The molecule has 1 aliphatic rings. The van der Waals surface area contributed by atoms with Crippen LogP contribution < -0.4 is 0 Å². The van der Waals surface area contributed by atoms with Gasteiger partial charge in [0.1, 0.15) is 0 Å². The minimum absolute atomic E-state index is 0.538. The molecule has 3 rings (SSSR count). The lowest BCUT2D eigenvalue weighted by Gasteiger charge is -2.31. The van der Waals surface area contributed by atoms with E-state index in [4.69, 9.17) is 11.6 Å². The second-order valence-electron chi connectivity index (χ2n) is 5.72. The van der Waals surface area contributed by atoms with E-state index in [1.807, 2.05) is 12.3 Å². The van der Waals surface area contributed by atoms with Gasteiger partial charge >= 0.3 is 0 Å². The number of aromatic nitrogens is 1. The van der Waals surface area contributed by atoms with Gasteiger partial charge in [0, 0.05) is 32.0 Å². The quantitative estimate of drug-likeness (QED) is 0.841. The number of hydrogen-bond acceptors (Lipinski definition) is 2. The van der Waals surface area contributed by atoms with Crippen molar-refractivity contribution >= 4 is 17.2 Å². The first kappa shape index (κ1) is 14.3. The van der Waals surface area contributed by atoms with Crippen molar-refractivity contribution in [2.75, 3.05) is 13.1 Å². The molecular formula is C18H19ClN2. The zero-order valence-corrected chi connectivity index (χ0v) is 12.9. The van der Waals surface area contributed by atoms with Gasteiger partial charge in [0.05, 0.1) is 5.02 Å². The van der Waals surface area contributed by atoms with Crippen LogP contribution in [0.1, 0.15) is 18.1 Å². The maximum atomic E-state index is 6.06. The van der Waals surface area contributed by atoms with Gasteiger partial charge in [-0.25, -0.2) is 0 Å². The van der Waals surface area contributed by atoms with Crippen molar-refractivity contribution in [3.05, 3.63) is 71.0 Å². The number of nitrogens with zero attached hydrogens (tertiary/aromatic N) is 2. The first-order valence-electron chi connectivity index (χ1n) is 7.28. The summed E-state index contributed by atoms with van der Waals surface area (Å²) >= 11 is 6.06. The van der Waals surface area contributed by atoms with Crippen LogP contribution in [0.5, 0.6) is 0 Å². The molecular weight excluding hydrogens is 280 g/mol. The van der Waals surface area contributed by atoms with Crippen LogP contribution in [0.15, 0.2) is 54.9 Å². The summed E-state index contributed by atoms with van der Waals surface area (Å²) in [5, 5.41) is 0.696. The molecule has 21 heavy (non-hydrogen) atoms. The Hall–Kier alpha value is -1.64. The van der Waals surface area contributed by atoms with Crippen molar-refractivity contribution in [3.63, 3.8) is 0 Å². The van der Waals surface area contributed by atoms with Gasteiger partial charge in [0.25, 0.3) is 0 Å². The SMILES string of the molecule is CC1C=C(c2cncc(Cl)c2)CN(Cc2ccccc2)C1. The molecule has 1 aliphatic heterocycles. The Morgan fingerprint density at radius 1 is 1.24 bits per heavy atom. The summed E-state index contributed by atoms with van der Waals surface area (Å²) in [6, 6.07) is 12.6. The van der Waals surface area contributed by atoms with E-state index in [2.05, 4.69) is 53.2 Å². The highest BCUT2D eigenvalue weighted by molar-refractivity contribution is 6.30. The predicted octanol–water partition coefficient (Wildman–Crippen LogP) is 4.27. The summed E-state index contributed by atoms with van der Waals surface area (Å²) in [4.78, 5) is 6.68. The molecule has 0 amide bonds. The lowest BCUT2D eigenvalue weighted by atomic mass is 9.96. The standard InChI is InChI=1S/C18H19ClN2/c1-14-7-17(16-8-18(19)10-20-9-16)13-21(11-14)12-15-5-3-2-4-6-15/h2-10,14H,11-13H2,1H3. The van der Waals surface area contributed by atoms with Gasteiger partial charge in [0.15, 0.2) is 0 Å². The molecule has 0 saturated heterocycles. The summed E-state index contributed by atoms with van der Waals surface area (Å²) in [5.41, 5.74) is 3.81. The molecule has 0 fully saturated rings. The summed E-state index contributed by atoms with van der Waals surface area (Å²) in [6.45, 7) is 5.28. The average Bonchev–Trinajstić information content (AvgIpc) is 2.48. The largest absolute Gasteiger partial charge is 0.294 e. The average molecular weight is 299 g/mol. The van der Waals surface area contributed by atoms with E-state index < -0.39 is 0 Å².